The molecule has 156 valence electrons. The van der Waals surface area contributed by atoms with E-state index in [1.807, 2.05) is 31.1 Å². The summed E-state index contributed by atoms with van der Waals surface area (Å²) in [5.74, 6) is 0.861. The lowest BCUT2D eigenvalue weighted by atomic mass is 10.1. The highest BCUT2D eigenvalue weighted by Crippen LogP contribution is 2.31. The van der Waals surface area contributed by atoms with Crippen molar-refractivity contribution in [3.05, 3.63) is 65.0 Å². The van der Waals surface area contributed by atoms with Crippen molar-refractivity contribution >= 4 is 17.3 Å². The van der Waals surface area contributed by atoms with Gasteiger partial charge in [-0.2, -0.15) is 5.10 Å². The lowest BCUT2D eigenvalue weighted by Crippen LogP contribution is -2.29. The first-order chi connectivity index (χ1) is 14.4. The number of carbonyl (C=O) groups is 1. The van der Waals surface area contributed by atoms with Gasteiger partial charge in [-0.3, -0.25) is 9.59 Å². The summed E-state index contributed by atoms with van der Waals surface area (Å²) in [6.07, 6.45) is 0. The average Bonchev–Trinajstić information content (AvgIpc) is 2.75. The fourth-order valence-electron chi connectivity index (χ4n) is 2.90. The van der Waals surface area contributed by atoms with Gasteiger partial charge in [0, 0.05) is 37.1 Å². The number of hydrogen-bond acceptors (Lipinski definition) is 6. The van der Waals surface area contributed by atoms with Crippen LogP contribution in [0, 0.1) is 0 Å². The van der Waals surface area contributed by atoms with E-state index >= 15 is 0 Å². The Morgan fingerprint density at radius 3 is 2.40 bits per heavy atom. The second kappa shape index (κ2) is 9.13. The molecule has 0 saturated heterocycles. The highest BCUT2D eigenvalue weighted by atomic mass is 16.5. The van der Waals surface area contributed by atoms with Crippen LogP contribution in [0.2, 0.25) is 0 Å². The highest BCUT2D eigenvalue weighted by molar-refractivity contribution is 5.90. The number of carbonyl (C=O) groups excluding carboxylic acids is 1. The first-order valence-electron chi connectivity index (χ1n) is 9.29. The monoisotopic (exact) mass is 408 g/mol. The van der Waals surface area contributed by atoms with Crippen molar-refractivity contribution in [2.45, 2.75) is 6.54 Å². The summed E-state index contributed by atoms with van der Waals surface area (Å²) >= 11 is 0. The van der Waals surface area contributed by atoms with Crippen LogP contribution in [0.15, 0.2) is 59.4 Å². The highest BCUT2D eigenvalue weighted by Gasteiger charge is 2.13. The van der Waals surface area contributed by atoms with E-state index in [1.54, 1.807) is 50.6 Å². The second-order valence-electron chi connectivity index (χ2n) is 6.77. The molecule has 0 bridgehead atoms. The van der Waals surface area contributed by atoms with Gasteiger partial charge in [0.1, 0.15) is 18.0 Å². The summed E-state index contributed by atoms with van der Waals surface area (Å²) < 4.78 is 11.8. The number of benzene rings is 2. The maximum atomic E-state index is 12.5. The number of ether oxygens (including phenoxy) is 2. The molecule has 3 aromatic rings. The minimum absolute atomic E-state index is 0.214. The molecule has 0 spiro atoms. The number of nitrogens with zero attached hydrogens (tertiary/aromatic N) is 3. The van der Waals surface area contributed by atoms with Crippen LogP contribution >= 0.6 is 0 Å². The SMILES string of the molecule is COc1ccc(OC)c(-c2ccc(=O)n(CC(=O)Nc3ccc(N(C)C)cc3)n2)c1. The molecule has 0 unspecified atom stereocenters. The minimum atomic E-state index is -0.376. The van der Waals surface area contributed by atoms with E-state index in [-0.39, 0.29) is 18.0 Å². The number of aromatic nitrogens is 2. The van der Waals surface area contributed by atoms with Crippen LogP contribution in [0.25, 0.3) is 11.3 Å². The third-order valence-electron chi connectivity index (χ3n) is 4.51. The zero-order valence-electron chi connectivity index (χ0n) is 17.4. The maximum Gasteiger partial charge on any atom is 0.267 e. The van der Waals surface area contributed by atoms with E-state index in [2.05, 4.69) is 10.4 Å². The summed E-state index contributed by atoms with van der Waals surface area (Å²) in [5.41, 5.74) is 2.44. The molecule has 8 nitrogen and oxygen atoms in total. The molecule has 0 saturated carbocycles. The van der Waals surface area contributed by atoms with E-state index < -0.39 is 0 Å². The predicted molar refractivity (Wildman–Crippen MR) is 116 cm³/mol. The number of nitrogens with one attached hydrogen (secondary N) is 1. The van der Waals surface area contributed by atoms with Crippen molar-refractivity contribution in [2.24, 2.45) is 0 Å². The Hall–Kier alpha value is -3.81. The summed E-state index contributed by atoms with van der Waals surface area (Å²) in [5, 5.41) is 7.13. The maximum absolute atomic E-state index is 12.5. The van der Waals surface area contributed by atoms with E-state index in [1.165, 1.54) is 6.07 Å². The van der Waals surface area contributed by atoms with Crippen LogP contribution in [0.5, 0.6) is 11.5 Å². The molecule has 8 heteroatoms. The fourth-order valence-corrected chi connectivity index (χ4v) is 2.90. The zero-order chi connectivity index (χ0) is 21.7. The standard InChI is InChI=1S/C22H24N4O4/c1-25(2)16-7-5-15(6-8-16)23-21(27)14-26-22(28)12-10-19(24-26)18-13-17(29-3)9-11-20(18)30-4/h5-13H,14H2,1-4H3,(H,23,27). The molecule has 0 aliphatic carbocycles. The van der Waals surface area contributed by atoms with E-state index in [0.29, 0.717) is 28.4 Å². The molecule has 1 heterocycles. The van der Waals surface area contributed by atoms with Crippen molar-refractivity contribution < 1.29 is 14.3 Å². The summed E-state index contributed by atoms with van der Waals surface area (Å²) in [6.45, 7) is -0.214. The number of anilines is 2. The number of amides is 1. The summed E-state index contributed by atoms with van der Waals surface area (Å²) in [7, 11) is 7.00. The van der Waals surface area contributed by atoms with Crippen molar-refractivity contribution in [1.29, 1.82) is 0 Å². The lowest BCUT2D eigenvalue weighted by molar-refractivity contribution is -0.117. The molecule has 0 aliphatic heterocycles. The molecule has 1 aromatic heterocycles. The van der Waals surface area contributed by atoms with Gasteiger partial charge in [-0.25, -0.2) is 4.68 Å². The van der Waals surface area contributed by atoms with Gasteiger partial charge in [0.2, 0.25) is 5.91 Å². The quantitative estimate of drug-likeness (QED) is 0.647. The zero-order valence-corrected chi connectivity index (χ0v) is 17.4. The molecule has 1 amide bonds. The van der Waals surface area contributed by atoms with Crippen molar-refractivity contribution in [2.75, 3.05) is 38.5 Å². The average molecular weight is 408 g/mol. The van der Waals surface area contributed by atoms with Crippen molar-refractivity contribution in [3.63, 3.8) is 0 Å². The van der Waals surface area contributed by atoms with Gasteiger partial charge >= 0.3 is 0 Å². The Kier molecular flexibility index (Phi) is 6.36. The smallest absolute Gasteiger partial charge is 0.267 e. The Morgan fingerprint density at radius 1 is 1.03 bits per heavy atom. The van der Waals surface area contributed by atoms with Crippen LogP contribution < -0.4 is 25.2 Å². The van der Waals surface area contributed by atoms with Crippen LogP contribution in [0.4, 0.5) is 11.4 Å². The third-order valence-corrected chi connectivity index (χ3v) is 4.51. The van der Waals surface area contributed by atoms with Crippen LogP contribution in [-0.4, -0.2) is 44.0 Å². The Bertz CT molecular complexity index is 1090. The molecule has 0 aliphatic rings. The first-order valence-corrected chi connectivity index (χ1v) is 9.29. The van der Waals surface area contributed by atoms with Gasteiger partial charge in [0.05, 0.1) is 19.9 Å². The van der Waals surface area contributed by atoms with Crippen LogP contribution in [-0.2, 0) is 11.3 Å². The van der Waals surface area contributed by atoms with Crippen molar-refractivity contribution in [1.82, 2.24) is 9.78 Å². The molecule has 1 N–H and O–H groups in total. The first kappa shape index (κ1) is 20.9. The second-order valence-corrected chi connectivity index (χ2v) is 6.77. The Morgan fingerprint density at radius 2 is 1.77 bits per heavy atom. The number of rotatable bonds is 7. The van der Waals surface area contributed by atoms with Gasteiger partial charge in [-0.15, -0.1) is 0 Å². The molecule has 0 fully saturated rings. The van der Waals surface area contributed by atoms with Gasteiger partial charge in [0.25, 0.3) is 5.56 Å². The van der Waals surface area contributed by atoms with E-state index in [0.717, 1.165) is 10.4 Å². The van der Waals surface area contributed by atoms with Crippen molar-refractivity contribution in [3.8, 4) is 22.8 Å². The molecule has 0 atom stereocenters. The van der Waals surface area contributed by atoms with Gasteiger partial charge < -0.3 is 19.7 Å². The Balaban J connectivity index is 1.82. The largest absolute Gasteiger partial charge is 0.497 e. The topological polar surface area (TPSA) is 85.7 Å². The van der Waals surface area contributed by atoms with Gasteiger partial charge in [-0.1, -0.05) is 0 Å². The van der Waals surface area contributed by atoms with E-state index in [9.17, 15) is 9.59 Å². The third kappa shape index (κ3) is 4.78. The molecule has 2 aromatic carbocycles. The number of methoxy groups -OCH3 is 2. The Labute approximate surface area is 174 Å². The van der Waals surface area contributed by atoms with Gasteiger partial charge in [-0.05, 0) is 48.5 Å². The molecular weight excluding hydrogens is 384 g/mol. The predicted octanol–water partition coefficient (Wildman–Crippen LogP) is 2.63. The fraction of sp³-hybridized carbons (Fsp3) is 0.227. The molecule has 0 radical (unpaired) electrons. The normalized spacial score (nSPS) is 10.4. The van der Waals surface area contributed by atoms with Crippen LogP contribution in [0.1, 0.15) is 0 Å². The van der Waals surface area contributed by atoms with Crippen LogP contribution in [0.3, 0.4) is 0 Å². The summed E-state index contributed by atoms with van der Waals surface area (Å²) in [4.78, 5) is 26.7. The number of hydrogen-bond donors (Lipinski definition) is 1. The molecular formula is C22H24N4O4. The minimum Gasteiger partial charge on any atom is -0.497 e. The lowest BCUT2D eigenvalue weighted by Gasteiger charge is -2.13. The molecule has 3 rings (SSSR count). The summed E-state index contributed by atoms with van der Waals surface area (Å²) in [6, 6.07) is 15.7. The van der Waals surface area contributed by atoms with E-state index in [4.69, 9.17) is 9.47 Å². The molecule has 30 heavy (non-hydrogen) atoms. The van der Waals surface area contributed by atoms with Gasteiger partial charge in [0.15, 0.2) is 0 Å².